The molecule has 1 aliphatic heterocycles. The van der Waals surface area contributed by atoms with Crippen molar-refractivity contribution in [3.05, 3.63) is 47.8 Å². The first-order valence-electron chi connectivity index (χ1n) is 10.7. The van der Waals surface area contributed by atoms with Gasteiger partial charge in [0.2, 0.25) is 11.8 Å². The van der Waals surface area contributed by atoms with Gasteiger partial charge in [0.25, 0.3) is 0 Å². The van der Waals surface area contributed by atoms with Crippen LogP contribution in [0.3, 0.4) is 0 Å². The monoisotopic (exact) mass is 663 g/mol. The van der Waals surface area contributed by atoms with Crippen molar-refractivity contribution in [3.63, 3.8) is 0 Å². The molecule has 0 unspecified atom stereocenters. The number of aromatic amines is 1. The Balaban J connectivity index is 0.00000245. The second-order valence-electron chi connectivity index (χ2n) is 8.22. The number of aromatic nitrogens is 4. The number of H-pyrrole nitrogens is 1. The average molecular weight is 664 g/mol. The number of nitrogens with zero attached hydrogens (tertiary/aromatic N) is 4. The molecule has 3 heterocycles. The van der Waals surface area contributed by atoms with Gasteiger partial charge in [0, 0.05) is 85.8 Å². The number of anilines is 2. The van der Waals surface area contributed by atoms with E-state index < -0.39 is 0 Å². The van der Waals surface area contributed by atoms with Crippen LogP contribution in [-0.2, 0) is 0 Å². The first-order chi connectivity index (χ1) is 15.1. The molecule has 10 heteroatoms. The van der Waals surface area contributed by atoms with Crippen molar-refractivity contribution in [3.8, 4) is 5.88 Å². The first-order valence-corrected chi connectivity index (χ1v) is 11.5. The molecule has 2 fully saturated rings. The van der Waals surface area contributed by atoms with Crippen LogP contribution < -0.4 is 10.1 Å². The summed E-state index contributed by atoms with van der Waals surface area (Å²) in [4.78, 5) is 12.6. The van der Waals surface area contributed by atoms with Crippen LogP contribution in [0.5, 0.6) is 5.88 Å². The summed E-state index contributed by atoms with van der Waals surface area (Å²) in [5.74, 6) is 2.37. The molecule has 2 aliphatic rings. The Kier molecular flexibility index (Phi) is 7.98. The predicted molar refractivity (Wildman–Crippen MR) is 122 cm³/mol. The van der Waals surface area contributed by atoms with Crippen molar-refractivity contribution >= 4 is 29.2 Å². The predicted octanol–water partition coefficient (Wildman–Crippen LogP) is 5.13. The van der Waals surface area contributed by atoms with Crippen LogP contribution >= 0.6 is 11.8 Å². The minimum absolute atomic E-state index is 0. The molecule has 0 atom stereocenters. The molecule has 1 aliphatic carbocycles. The molecule has 0 amide bonds. The topological polar surface area (TPSA) is 103 Å². The van der Waals surface area contributed by atoms with Crippen molar-refractivity contribution in [2.75, 3.05) is 25.5 Å². The number of hydrogen-bond acceptors (Lipinski definition) is 7. The molecule has 165 valence electrons. The van der Waals surface area contributed by atoms with Crippen LogP contribution in [0.15, 0.2) is 46.3 Å². The van der Waals surface area contributed by atoms with E-state index in [1.165, 1.54) is 24.6 Å². The Bertz CT molecular complexity index is 1030. The summed E-state index contributed by atoms with van der Waals surface area (Å²) in [5.41, 5.74) is 9.33. The number of rotatable bonds is 7. The van der Waals surface area contributed by atoms with E-state index in [9.17, 15) is 0 Å². The Hall–Kier alpha value is -1.34. The second kappa shape index (κ2) is 10.7. The third-order valence-corrected chi connectivity index (χ3v) is 6.49. The van der Waals surface area contributed by atoms with Gasteiger partial charge in [-0.15, -0.1) is 5.69 Å². The average Bonchev–Trinajstić information content (AvgIpc) is 3.51. The molecule has 5 rings (SSSR count). The number of benzene rings is 1. The van der Waals surface area contributed by atoms with Gasteiger partial charge < -0.3 is 20.7 Å². The van der Waals surface area contributed by atoms with E-state index in [0.29, 0.717) is 29.3 Å². The van der Waals surface area contributed by atoms with Crippen LogP contribution in [0.1, 0.15) is 37.3 Å². The van der Waals surface area contributed by atoms with Gasteiger partial charge in [-0.05, 0) is 44.9 Å². The number of nitrogens with one attached hydrogen (secondary N) is 3. The van der Waals surface area contributed by atoms with Crippen molar-refractivity contribution < 1.29 is 48.8 Å². The molecule has 1 radical (unpaired) electrons. The van der Waals surface area contributed by atoms with E-state index in [4.69, 9.17) is 10.5 Å². The fraction of sp³-hybridized carbons (Fsp3) is 0.409. The Morgan fingerprint density at radius 1 is 1.09 bits per heavy atom. The molecular weight excluding hydrogens is 637 g/mol. The van der Waals surface area contributed by atoms with Gasteiger partial charge in [0.15, 0.2) is 5.82 Å². The summed E-state index contributed by atoms with van der Waals surface area (Å²) in [6.45, 7) is 2.05. The molecule has 8 nitrogen and oxygen atoms in total. The molecule has 1 saturated carbocycles. The Morgan fingerprint density at radius 3 is 2.56 bits per heavy atom. The largest absolute Gasteiger partial charge is 0.699 e. The van der Waals surface area contributed by atoms with Crippen LogP contribution in [0.25, 0.3) is 5.73 Å². The number of hydrogen-bond donors (Lipinski definition) is 2. The van der Waals surface area contributed by atoms with Gasteiger partial charge >= 0.3 is 0 Å². The zero-order chi connectivity index (χ0) is 21.2. The maximum atomic E-state index is 7.68. The molecule has 3 aromatic rings. The quantitative estimate of drug-likeness (QED) is 0.338. The Morgan fingerprint density at radius 2 is 1.84 bits per heavy atom. The van der Waals surface area contributed by atoms with Crippen LogP contribution in [0.4, 0.5) is 17.5 Å². The summed E-state index contributed by atoms with van der Waals surface area (Å²) >= 11 is 1.53. The smallest absolute Gasteiger partial charge is 0.232 e. The van der Waals surface area contributed by atoms with E-state index in [1.807, 2.05) is 24.3 Å². The van der Waals surface area contributed by atoms with Crippen molar-refractivity contribution in [1.82, 2.24) is 25.1 Å². The van der Waals surface area contributed by atoms with E-state index >= 15 is 0 Å². The summed E-state index contributed by atoms with van der Waals surface area (Å²) < 4.78 is 6.24. The maximum absolute atomic E-state index is 7.68. The standard InChI is InChI=1S/C22H26N7OS.Ac/c1-29-10-8-16(9-11-29)30-20-13-21(31-17-6-4-15(23)5-7-17)26-22(25-20)24-19-12-18(27-28-19)14-2-3-14;/h4-7,12-14,16,23H,2-3,8-11H2,1H3,(H2,24,25,26,27,28);/q-1;. The Labute approximate surface area is 228 Å². The number of ether oxygens (including phenoxy) is 1. The van der Waals surface area contributed by atoms with Crippen molar-refractivity contribution in [1.29, 1.82) is 0 Å². The molecule has 0 spiro atoms. The summed E-state index contributed by atoms with van der Waals surface area (Å²) in [5, 5.41) is 11.5. The van der Waals surface area contributed by atoms with Gasteiger partial charge in [-0.25, -0.2) is 4.98 Å². The molecule has 3 N–H and O–H groups in total. The molecule has 0 bridgehead atoms. The van der Waals surface area contributed by atoms with Crippen LogP contribution in [-0.4, -0.2) is 51.3 Å². The molecule has 1 saturated heterocycles. The third kappa shape index (κ3) is 6.37. The van der Waals surface area contributed by atoms with Crippen LogP contribution in [0, 0.1) is 44.1 Å². The minimum Gasteiger partial charge on any atom is -0.699 e. The SMILES string of the molecule is CN1CCC(Oc2cc(Sc3ccc([NH-])cc3)nc(Nc3cc(C4CC4)[nH]n3)n2)CC1.[Ac]. The zero-order valence-electron chi connectivity index (χ0n) is 18.0. The van der Waals surface area contributed by atoms with Gasteiger partial charge in [0.05, 0.1) is 0 Å². The molecule has 1 aromatic carbocycles. The normalized spacial score (nSPS) is 17.0. The molecule has 2 aromatic heterocycles. The minimum atomic E-state index is 0. The summed E-state index contributed by atoms with van der Waals surface area (Å²) in [6, 6.07) is 11.3. The summed E-state index contributed by atoms with van der Waals surface area (Å²) in [7, 11) is 2.14. The summed E-state index contributed by atoms with van der Waals surface area (Å²) in [6.07, 6.45) is 4.57. The van der Waals surface area contributed by atoms with Crippen LogP contribution in [0.2, 0.25) is 0 Å². The van der Waals surface area contributed by atoms with E-state index in [2.05, 4.69) is 37.4 Å². The van der Waals surface area contributed by atoms with Crippen molar-refractivity contribution in [2.45, 2.75) is 47.6 Å². The molecule has 32 heavy (non-hydrogen) atoms. The zero-order valence-corrected chi connectivity index (χ0v) is 23.6. The second-order valence-corrected chi connectivity index (χ2v) is 9.32. The van der Waals surface area contributed by atoms with Gasteiger partial charge in [0.1, 0.15) is 11.1 Å². The third-order valence-electron chi connectivity index (χ3n) is 5.56. The van der Waals surface area contributed by atoms with Crippen molar-refractivity contribution in [2.24, 2.45) is 0 Å². The van der Waals surface area contributed by atoms with E-state index in [0.717, 1.165) is 41.5 Å². The van der Waals surface area contributed by atoms with Gasteiger partial charge in [-0.2, -0.15) is 10.1 Å². The van der Waals surface area contributed by atoms with Gasteiger partial charge in [-0.3, -0.25) is 5.10 Å². The fourth-order valence-electron chi connectivity index (χ4n) is 3.61. The maximum Gasteiger partial charge on any atom is 0.232 e. The molecular formula is C22H26AcN7OS-. The van der Waals surface area contributed by atoms with E-state index in [-0.39, 0.29) is 50.2 Å². The number of likely N-dealkylation sites (tertiary alicyclic amines) is 1. The fourth-order valence-corrected chi connectivity index (χ4v) is 4.41. The first kappa shape index (κ1) is 23.8. The number of piperidine rings is 1. The van der Waals surface area contributed by atoms with Gasteiger partial charge in [-0.1, -0.05) is 23.9 Å². The van der Waals surface area contributed by atoms with E-state index in [1.54, 1.807) is 12.1 Å².